The van der Waals surface area contributed by atoms with Crippen molar-refractivity contribution in [1.29, 1.82) is 0 Å². The molecule has 0 fully saturated rings. The number of rotatable bonds is 35. The van der Waals surface area contributed by atoms with Gasteiger partial charge in [0.05, 0.1) is 0 Å². The van der Waals surface area contributed by atoms with Crippen molar-refractivity contribution in [2.45, 2.75) is 213 Å². The van der Waals surface area contributed by atoms with E-state index < -0.39 is 13.7 Å². The summed E-state index contributed by atoms with van der Waals surface area (Å²) in [6.07, 6.45) is 32.4. The molecule has 0 aromatic carbocycles. The molecule has 0 saturated heterocycles. The lowest BCUT2D eigenvalue weighted by Gasteiger charge is -2.18. The largest absolute Gasteiger partial charge is 0.462 e. The van der Waals surface area contributed by atoms with Crippen molar-refractivity contribution in [3.63, 3.8) is 0 Å². The van der Waals surface area contributed by atoms with Gasteiger partial charge >= 0.3 is 19.5 Å². The van der Waals surface area contributed by atoms with E-state index in [0.717, 1.165) is 38.5 Å². The highest BCUT2D eigenvalue weighted by molar-refractivity contribution is 7.51. The molecular formula is C37H73O7P. The Balaban J connectivity index is 4.00. The van der Waals surface area contributed by atoms with Crippen LogP contribution in [0, 0.1) is 0 Å². The van der Waals surface area contributed by atoms with Gasteiger partial charge in [-0.25, -0.2) is 0 Å². The van der Waals surface area contributed by atoms with E-state index >= 15 is 0 Å². The second-order valence-electron chi connectivity index (χ2n) is 13.3. The number of esters is 2. The van der Waals surface area contributed by atoms with Gasteiger partial charge < -0.3 is 19.3 Å². The van der Waals surface area contributed by atoms with E-state index in [-0.39, 0.29) is 37.5 Å². The van der Waals surface area contributed by atoms with Gasteiger partial charge in [0, 0.05) is 19.0 Å². The first kappa shape index (κ1) is 44.1. The van der Waals surface area contributed by atoms with Crippen LogP contribution in [-0.2, 0) is 23.6 Å². The predicted molar refractivity (Wildman–Crippen MR) is 188 cm³/mol. The molecule has 0 aromatic heterocycles. The zero-order valence-corrected chi connectivity index (χ0v) is 30.5. The van der Waals surface area contributed by atoms with Crippen molar-refractivity contribution in [1.82, 2.24) is 0 Å². The third kappa shape index (κ3) is 35.8. The Morgan fingerprint density at radius 3 is 1.20 bits per heavy atom. The minimum Gasteiger partial charge on any atom is -0.462 e. The minimum atomic E-state index is -4.12. The summed E-state index contributed by atoms with van der Waals surface area (Å²) in [5, 5.41) is 0. The van der Waals surface area contributed by atoms with Gasteiger partial charge in [0.15, 0.2) is 0 Å². The SMILES string of the molecule is CCCCCCCCCCCCCCCC(=O)OCC(CCCP(=O)(O)O)OC(=O)CCCCCCCCCCCCCCC. The topological polar surface area (TPSA) is 110 Å². The van der Waals surface area contributed by atoms with Crippen LogP contribution in [0.4, 0.5) is 0 Å². The van der Waals surface area contributed by atoms with Gasteiger partial charge in [-0.2, -0.15) is 0 Å². The normalized spacial score (nSPS) is 12.4. The first-order chi connectivity index (χ1) is 21.8. The van der Waals surface area contributed by atoms with E-state index in [1.807, 2.05) is 0 Å². The van der Waals surface area contributed by atoms with Crippen molar-refractivity contribution >= 4 is 19.5 Å². The number of unbranched alkanes of at least 4 members (excludes halogenated alkanes) is 24. The molecule has 1 atom stereocenters. The summed E-state index contributed by atoms with van der Waals surface area (Å²) in [5.74, 6) is -0.627. The monoisotopic (exact) mass is 661 g/mol. The van der Waals surface area contributed by atoms with Gasteiger partial charge in [-0.1, -0.05) is 168 Å². The van der Waals surface area contributed by atoms with Gasteiger partial charge in [0.1, 0.15) is 12.7 Å². The molecule has 0 rings (SSSR count). The molecule has 0 aliphatic heterocycles. The Morgan fingerprint density at radius 2 is 0.844 bits per heavy atom. The van der Waals surface area contributed by atoms with Gasteiger partial charge in [-0.15, -0.1) is 0 Å². The lowest BCUT2D eigenvalue weighted by atomic mass is 10.0. The average molecular weight is 661 g/mol. The van der Waals surface area contributed by atoms with Crippen LogP contribution >= 0.6 is 7.60 Å². The highest BCUT2D eigenvalue weighted by Crippen LogP contribution is 2.35. The molecule has 0 saturated carbocycles. The second-order valence-corrected chi connectivity index (χ2v) is 15.1. The van der Waals surface area contributed by atoms with Crippen molar-refractivity contribution in [2.24, 2.45) is 0 Å². The number of hydrogen-bond donors (Lipinski definition) is 2. The van der Waals surface area contributed by atoms with Crippen LogP contribution in [0.5, 0.6) is 0 Å². The van der Waals surface area contributed by atoms with E-state index in [1.54, 1.807) is 0 Å². The molecule has 0 aliphatic rings. The quantitative estimate of drug-likeness (QED) is 0.0395. The van der Waals surface area contributed by atoms with Crippen LogP contribution in [-0.4, -0.2) is 40.6 Å². The van der Waals surface area contributed by atoms with Crippen molar-refractivity contribution in [3.8, 4) is 0 Å². The molecule has 0 aromatic rings. The molecule has 0 heterocycles. The molecule has 8 heteroatoms. The van der Waals surface area contributed by atoms with Gasteiger partial charge in [0.25, 0.3) is 0 Å². The molecule has 2 N–H and O–H groups in total. The number of ether oxygens (including phenoxy) is 2. The molecule has 45 heavy (non-hydrogen) atoms. The summed E-state index contributed by atoms with van der Waals surface area (Å²) in [6.45, 7) is 4.45. The van der Waals surface area contributed by atoms with E-state index in [0.29, 0.717) is 12.8 Å². The van der Waals surface area contributed by atoms with Gasteiger partial charge in [0.2, 0.25) is 0 Å². The summed E-state index contributed by atoms with van der Waals surface area (Å²) < 4.78 is 22.2. The van der Waals surface area contributed by atoms with E-state index in [9.17, 15) is 23.9 Å². The maximum atomic E-state index is 12.5. The Morgan fingerprint density at radius 1 is 0.511 bits per heavy atom. The molecule has 0 radical (unpaired) electrons. The third-order valence-corrected chi connectivity index (χ3v) is 9.57. The summed E-state index contributed by atoms with van der Waals surface area (Å²) in [7, 11) is -4.12. The maximum absolute atomic E-state index is 12.5. The van der Waals surface area contributed by atoms with Crippen LogP contribution in [0.2, 0.25) is 0 Å². The maximum Gasteiger partial charge on any atom is 0.325 e. The smallest absolute Gasteiger partial charge is 0.325 e. The van der Waals surface area contributed by atoms with E-state index in [4.69, 9.17) is 9.47 Å². The fourth-order valence-electron chi connectivity index (χ4n) is 5.78. The summed E-state index contributed by atoms with van der Waals surface area (Å²) in [5.41, 5.74) is 0. The summed E-state index contributed by atoms with van der Waals surface area (Å²) in [6, 6.07) is 0. The summed E-state index contributed by atoms with van der Waals surface area (Å²) in [4.78, 5) is 43.1. The minimum absolute atomic E-state index is 0.0528. The Kier molecular flexibility index (Phi) is 32.3. The van der Waals surface area contributed by atoms with Crippen LogP contribution in [0.3, 0.4) is 0 Å². The van der Waals surface area contributed by atoms with Gasteiger partial charge in [-0.3, -0.25) is 14.2 Å². The second kappa shape index (κ2) is 33.0. The molecule has 0 amide bonds. The van der Waals surface area contributed by atoms with Crippen LogP contribution in [0.25, 0.3) is 0 Å². The molecule has 268 valence electrons. The predicted octanol–water partition coefficient (Wildman–Crippen LogP) is 11.4. The van der Waals surface area contributed by atoms with Crippen molar-refractivity contribution in [3.05, 3.63) is 0 Å². The Hall–Kier alpha value is -0.910. The number of carbonyl (C=O) groups excluding carboxylic acids is 2. The number of carbonyl (C=O) groups is 2. The fourth-order valence-corrected chi connectivity index (χ4v) is 6.37. The zero-order valence-electron chi connectivity index (χ0n) is 29.6. The molecule has 0 aliphatic carbocycles. The number of hydrogen-bond acceptors (Lipinski definition) is 5. The third-order valence-electron chi connectivity index (χ3n) is 8.67. The average Bonchev–Trinajstić information content (AvgIpc) is 2.99. The Labute approximate surface area is 277 Å². The molecule has 7 nitrogen and oxygen atoms in total. The van der Waals surface area contributed by atoms with E-state index in [1.165, 1.54) is 128 Å². The van der Waals surface area contributed by atoms with Crippen molar-refractivity contribution < 1.29 is 33.4 Å². The van der Waals surface area contributed by atoms with Crippen molar-refractivity contribution in [2.75, 3.05) is 12.8 Å². The first-order valence-corrected chi connectivity index (χ1v) is 21.0. The highest BCUT2D eigenvalue weighted by Gasteiger charge is 2.20. The standard InChI is InChI=1S/C37H73O7P/c1-3-5-7-9-11-13-15-17-19-21-23-25-27-31-36(38)43-34-35(30-29-33-45(40,41)42)44-37(39)32-28-26-24-22-20-18-16-14-12-10-8-6-4-2/h35H,3-34H2,1-2H3,(H2,40,41,42). The molecular weight excluding hydrogens is 587 g/mol. The fraction of sp³-hybridized carbons (Fsp3) is 0.946. The first-order valence-electron chi connectivity index (χ1n) is 19.2. The van der Waals surface area contributed by atoms with Crippen LogP contribution < -0.4 is 0 Å². The molecule has 1 unspecified atom stereocenters. The summed E-state index contributed by atoms with van der Waals surface area (Å²) >= 11 is 0. The Bertz CT molecular complexity index is 709. The van der Waals surface area contributed by atoms with Crippen LogP contribution in [0.1, 0.15) is 206 Å². The zero-order chi connectivity index (χ0) is 33.3. The lowest BCUT2D eigenvalue weighted by molar-refractivity contribution is -0.159. The molecule has 0 spiro atoms. The highest BCUT2D eigenvalue weighted by atomic mass is 31.2. The van der Waals surface area contributed by atoms with Crippen LogP contribution in [0.15, 0.2) is 0 Å². The lowest BCUT2D eigenvalue weighted by Crippen LogP contribution is -2.25. The van der Waals surface area contributed by atoms with Gasteiger partial charge in [-0.05, 0) is 25.7 Å². The molecule has 0 bridgehead atoms. The van der Waals surface area contributed by atoms with E-state index in [2.05, 4.69) is 13.8 Å².